The molecule has 0 saturated heterocycles. The van der Waals surface area contributed by atoms with E-state index in [0.29, 0.717) is 22.8 Å². The van der Waals surface area contributed by atoms with Crippen LogP contribution in [0.5, 0.6) is 0 Å². The van der Waals surface area contributed by atoms with E-state index in [2.05, 4.69) is 10.4 Å². The van der Waals surface area contributed by atoms with E-state index in [0.717, 1.165) is 10.5 Å². The molecule has 0 aliphatic carbocycles. The zero-order chi connectivity index (χ0) is 21.6. The molecule has 4 aromatic rings. The van der Waals surface area contributed by atoms with Crippen molar-refractivity contribution in [3.05, 3.63) is 118 Å². The highest BCUT2D eigenvalue weighted by Gasteiger charge is 2.08. The standard InChI is InChI=1S/C25H21N3O2S/c1-18-7-13-22(14-8-18)31-23-15-16-24(29)28(27-23)21-11-9-20(10-12-21)25(30)26-17-19-5-3-2-4-6-19/h2-16H,17H2,1H3,(H,26,30). The van der Waals surface area contributed by atoms with Gasteiger partial charge in [0.1, 0.15) is 5.03 Å². The van der Waals surface area contributed by atoms with E-state index < -0.39 is 0 Å². The van der Waals surface area contributed by atoms with Gasteiger partial charge in [-0.1, -0.05) is 59.8 Å². The summed E-state index contributed by atoms with van der Waals surface area (Å²) in [4.78, 5) is 25.8. The van der Waals surface area contributed by atoms with Gasteiger partial charge in [0, 0.05) is 23.1 Å². The third kappa shape index (κ3) is 5.29. The summed E-state index contributed by atoms with van der Waals surface area (Å²) in [6.07, 6.45) is 0. The van der Waals surface area contributed by atoms with Crippen LogP contribution in [0.3, 0.4) is 0 Å². The van der Waals surface area contributed by atoms with Crippen LogP contribution in [-0.2, 0) is 6.54 Å². The van der Waals surface area contributed by atoms with Crippen molar-refractivity contribution in [3.8, 4) is 5.69 Å². The molecule has 0 aliphatic heterocycles. The number of carbonyl (C=O) groups is 1. The number of hydrogen-bond acceptors (Lipinski definition) is 4. The van der Waals surface area contributed by atoms with Gasteiger partial charge in [0.25, 0.3) is 11.5 Å². The summed E-state index contributed by atoms with van der Waals surface area (Å²) in [5.41, 5.74) is 3.13. The van der Waals surface area contributed by atoms with Crippen molar-refractivity contribution in [2.24, 2.45) is 0 Å². The van der Waals surface area contributed by atoms with Gasteiger partial charge in [-0.05, 0) is 55.0 Å². The Morgan fingerprint density at radius 3 is 2.32 bits per heavy atom. The fraction of sp³-hybridized carbons (Fsp3) is 0.0800. The average Bonchev–Trinajstić information content (AvgIpc) is 2.81. The molecule has 0 aliphatic rings. The maximum absolute atomic E-state index is 12.4. The van der Waals surface area contributed by atoms with E-state index in [-0.39, 0.29) is 11.5 Å². The second-order valence-electron chi connectivity index (χ2n) is 7.05. The number of nitrogens with one attached hydrogen (secondary N) is 1. The number of carbonyl (C=O) groups excluding carboxylic acids is 1. The Morgan fingerprint density at radius 1 is 0.903 bits per heavy atom. The maximum atomic E-state index is 12.4. The molecular formula is C25H21N3O2S. The Labute approximate surface area is 184 Å². The number of rotatable bonds is 6. The van der Waals surface area contributed by atoms with Gasteiger partial charge in [0.2, 0.25) is 0 Å². The van der Waals surface area contributed by atoms with Gasteiger partial charge in [0.15, 0.2) is 0 Å². The summed E-state index contributed by atoms with van der Waals surface area (Å²) in [7, 11) is 0. The van der Waals surface area contributed by atoms with Crippen LogP contribution in [0.1, 0.15) is 21.5 Å². The lowest BCUT2D eigenvalue weighted by Gasteiger charge is -2.09. The van der Waals surface area contributed by atoms with E-state index in [1.165, 1.54) is 28.1 Å². The zero-order valence-electron chi connectivity index (χ0n) is 17.0. The fourth-order valence-corrected chi connectivity index (χ4v) is 3.77. The SMILES string of the molecule is Cc1ccc(Sc2ccc(=O)n(-c3ccc(C(=O)NCc4ccccc4)cc3)n2)cc1. The molecule has 0 fully saturated rings. The third-order valence-electron chi connectivity index (χ3n) is 4.69. The Morgan fingerprint density at radius 2 is 1.61 bits per heavy atom. The molecule has 6 heteroatoms. The number of amides is 1. The van der Waals surface area contributed by atoms with E-state index in [4.69, 9.17) is 0 Å². The van der Waals surface area contributed by atoms with Crippen molar-refractivity contribution in [3.63, 3.8) is 0 Å². The Bertz CT molecular complexity index is 1230. The zero-order valence-corrected chi connectivity index (χ0v) is 17.8. The molecule has 1 heterocycles. The fourth-order valence-electron chi connectivity index (χ4n) is 3.00. The lowest BCUT2D eigenvalue weighted by molar-refractivity contribution is 0.0951. The lowest BCUT2D eigenvalue weighted by atomic mass is 10.2. The molecule has 4 rings (SSSR count). The molecule has 0 saturated carbocycles. The third-order valence-corrected chi connectivity index (χ3v) is 5.62. The smallest absolute Gasteiger partial charge is 0.271 e. The van der Waals surface area contributed by atoms with E-state index in [1.54, 1.807) is 30.3 Å². The molecule has 1 N–H and O–H groups in total. The summed E-state index contributed by atoms with van der Waals surface area (Å²) >= 11 is 1.49. The highest BCUT2D eigenvalue weighted by atomic mass is 32.2. The van der Waals surface area contributed by atoms with Gasteiger partial charge in [0.05, 0.1) is 5.69 Å². The van der Waals surface area contributed by atoms with E-state index in [9.17, 15) is 9.59 Å². The topological polar surface area (TPSA) is 64.0 Å². The van der Waals surface area contributed by atoms with Crippen molar-refractivity contribution in [1.82, 2.24) is 15.1 Å². The average molecular weight is 428 g/mol. The largest absolute Gasteiger partial charge is 0.348 e. The number of aromatic nitrogens is 2. The minimum Gasteiger partial charge on any atom is -0.348 e. The molecule has 0 bridgehead atoms. The molecule has 0 unspecified atom stereocenters. The minimum atomic E-state index is -0.227. The summed E-state index contributed by atoms with van der Waals surface area (Å²) in [6.45, 7) is 2.50. The highest BCUT2D eigenvalue weighted by molar-refractivity contribution is 7.99. The minimum absolute atomic E-state index is 0.167. The first-order valence-electron chi connectivity index (χ1n) is 9.86. The van der Waals surface area contributed by atoms with Crippen LogP contribution in [0.15, 0.2) is 106 Å². The second-order valence-corrected chi connectivity index (χ2v) is 8.15. The lowest BCUT2D eigenvalue weighted by Crippen LogP contribution is -2.23. The van der Waals surface area contributed by atoms with Crippen LogP contribution in [0.4, 0.5) is 0 Å². The Kier molecular flexibility index (Phi) is 6.29. The molecule has 154 valence electrons. The molecule has 5 nitrogen and oxygen atoms in total. The monoisotopic (exact) mass is 427 g/mol. The van der Waals surface area contributed by atoms with Crippen LogP contribution in [0, 0.1) is 6.92 Å². The quantitative estimate of drug-likeness (QED) is 0.488. The molecule has 31 heavy (non-hydrogen) atoms. The molecule has 1 aromatic heterocycles. The normalized spacial score (nSPS) is 10.6. The maximum Gasteiger partial charge on any atom is 0.271 e. The van der Waals surface area contributed by atoms with Crippen molar-refractivity contribution in [1.29, 1.82) is 0 Å². The predicted molar refractivity (Wildman–Crippen MR) is 123 cm³/mol. The number of nitrogens with zero attached hydrogens (tertiary/aromatic N) is 2. The van der Waals surface area contributed by atoms with Crippen molar-refractivity contribution >= 4 is 17.7 Å². The Balaban J connectivity index is 1.48. The van der Waals surface area contributed by atoms with Gasteiger partial charge >= 0.3 is 0 Å². The summed E-state index contributed by atoms with van der Waals surface area (Å²) in [5.74, 6) is -0.167. The van der Waals surface area contributed by atoms with Gasteiger partial charge in [-0.3, -0.25) is 9.59 Å². The first kappa shape index (κ1) is 20.6. The first-order valence-corrected chi connectivity index (χ1v) is 10.7. The Hall–Kier alpha value is -3.64. The van der Waals surface area contributed by atoms with Crippen LogP contribution in [-0.4, -0.2) is 15.7 Å². The van der Waals surface area contributed by atoms with E-state index in [1.807, 2.05) is 61.5 Å². The van der Waals surface area contributed by atoms with Crippen LogP contribution in [0.2, 0.25) is 0 Å². The molecule has 1 amide bonds. The van der Waals surface area contributed by atoms with E-state index >= 15 is 0 Å². The van der Waals surface area contributed by atoms with Crippen molar-refractivity contribution in [2.75, 3.05) is 0 Å². The molecule has 0 atom stereocenters. The molecular weight excluding hydrogens is 406 g/mol. The summed E-state index contributed by atoms with van der Waals surface area (Å²) in [6, 6.07) is 27.9. The number of aryl methyl sites for hydroxylation is 1. The predicted octanol–water partition coefficient (Wildman–Crippen LogP) is 4.62. The summed E-state index contributed by atoms with van der Waals surface area (Å²) < 4.78 is 1.35. The molecule has 0 spiro atoms. The van der Waals surface area contributed by atoms with Gasteiger partial charge < -0.3 is 5.32 Å². The van der Waals surface area contributed by atoms with Gasteiger partial charge in [-0.25, -0.2) is 0 Å². The highest BCUT2D eigenvalue weighted by Crippen LogP contribution is 2.25. The van der Waals surface area contributed by atoms with Crippen molar-refractivity contribution in [2.45, 2.75) is 23.4 Å². The van der Waals surface area contributed by atoms with Crippen LogP contribution < -0.4 is 10.9 Å². The van der Waals surface area contributed by atoms with Gasteiger partial charge in [-0.2, -0.15) is 9.78 Å². The van der Waals surface area contributed by atoms with Crippen LogP contribution in [0.25, 0.3) is 5.69 Å². The first-order chi connectivity index (χ1) is 15.1. The molecule has 0 radical (unpaired) electrons. The van der Waals surface area contributed by atoms with Crippen molar-refractivity contribution < 1.29 is 4.79 Å². The second kappa shape index (κ2) is 9.45. The molecule has 3 aromatic carbocycles. The number of benzene rings is 3. The van der Waals surface area contributed by atoms with Crippen LogP contribution >= 0.6 is 11.8 Å². The summed E-state index contributed by atoms with van der Waals surface area (Å²) in [5, 5.41) is 8.09. The van der Waals surface area contributed by atoms with Gasteiger partial charge in [-0.15, -0.1) is 0 Å². The number of hydrogen-bond donors (Lipinski definition) is 1.